The van der Waals surface area contributed by atoms with Crippen molar-refractivity contribution < 1.29 is 50.8 Å². The zero-order chi connectivity index (χ0) is 34.5. The van der Waals surface area contributed by atoms with Gasteiger partial charge in [-0.1, -0.05) is 29.3 Å². The monoisotopic (exact) mass is 719 g/mol. The van der Waals surface area contributed by atoms with Gasteiger partial charge in [0, 0.05) is 26.1 Å². The summed E-state index contributed by atoms with van der Waals surface area (Å²) in [5.74, 6) is -1.34. The summed E-state index contributed by atoms with van der Waals surface area (Å²) < 4.78 is 75.8. The molecule has 1 heterocycles. The zero-order valence-corrected chi connectivity index (χ0v) is 27.9. The second-order valence-electron chi connectivity index (χ2n) is 10.9. The number of hydrogen-bond acceptors (Lipinski definition) is 9. The van der Waals surface area contributed by atoms with Gasteiger partial charge in [-0.2, -0.15) is 13.5 Å². The highest BCUT2D eigenvalue weighted by molar-refractivity contribution is 7.89. The molecule has 1 fully saturated rings. The van der Waals surface area contributed by atoms with Crippen LogP contribution in [0, 0.1) is 11.1 Å². The highest BCUT2D eigenvalue weighted by Gasteiger charge is 2.29. The van der Waals surface area contributed by atoms with Crippen LogP contribution < -0.4 is 24.0 Å². The van der Waals surface area contributed by atoms with Crippen molar-refractivity contribution in [1.29, 1.82) is 0 Å². The highest BCUT2D eigenvalue weighted by Crippen LogP contribution is 2.39. The molecule has 12 nitrogen and oxygen atoms in total. The fourth-order valence-corrected chi connectivity index (χ4v) is 6.18. The van der Waals surface area contributed by atoms with Crippen LogP contribution in [-0.2, 0) is 19.6 Å². The minimum absolute atomic E-state index is 0.0111. The number of rotatable bonds is 15. The summed E-state index contributed by atoms with van der Waals surface area (Å²) in [4.78, 5) is 26.6. The van der Waals surface area contributed by atoms with Gasteiger partial charge in [0.15, 0.2) is 11.5 Å². The van der Waals surface area contributed by atoms with Gasteiger partial charge in [0.1, 0.15) is 31.1 Å². The van der Waals surface area contributed by atoms with Crippen LogP contribution in [0.5, 0.6) is 17.2 Å². The Morgan fingerprint density at radius 1 is 1.11 bits per heavy atom. The Kier molecular flexibility index (Phi) is 12.1. The number of sulfonamides is 1. The van der Waals surface area contributed by atoms with Crippen LogP contribution in [0.25, 0.3) is 0 Å². The molecule has 47 heavy (non-hydrogen) atoms. The topological polar surface area (TPSA) is 148 Å². The third-order valence-corrected chi connectivity index (χ3v) is 9.25. The van der Waals surface area contributed by atoms with E-state index in [2.05, 4.69) is 9.46 Å². The molecule has 0 radical (unpaired) electrons. The van der Waals surface area contributed by atoms with Gasteiger partial charge in [0.2, 0.25) is 10.0 Å². The molecule has 2 aromatic rings. The third-order valence-electron chi connectivity index (χ3n) is 7.15. The summed E-state index contributed by atoms with van der Waals surface area (Å²) in [6.07, 6.45) is 1.72. The summed E-state index contributed by atoms with van der Waals surface area (Å²) >= 11 is 12.7. The number of carbonyl (C=O) groups excluding carboxylic acids is 2. The lowest BCUT2D eigenvalue weighted by atomic mass is 9.99. The first-order valence-electron chi connectivity index (χ1n) is 14.3. The molecule has 0 bridgehead atoms. The van der Waals surface area contributed by atoms with Gasteiger partial charge < -0.3 is 34.1 Å². The van der Waals surface area contributed by atoms with Crippen molar-refractivity contribution in [3.05, 3.63) is 74.6 Å². The first kappa shape index (κ1) is 36.4. The van der Waals surface area contributed by atoms with E-state index in [1.54, 1.807) is 0 Å². The number of methoxy groups -OCH3 is 1. The van der Waals surface area contributed by atoms with E-state index < -0.39 is 41.2 Å². The quantitative estimate of drug-likeness (QED) is 0.208. The summed E-state index contributed by atoms with van der Waals surface area (Å²) in [7, 11) is -0.0115. The summed E-state index contributed by atoms with van der Waals surface area (Å²) in [6, 6.07) is 7.64. The van der Waals surface area contributed by atoms with Crippen molar-refractivity contribution >= 4 is 45.1 Å². The molecule has 0 saturated heterocycles. The normalized spacial score (nSPS) is 17.2. The maximum absolute atomic E-state index is 13.1. The number of hydrogen-bond donors (Lipinski definition) is 2. The Morgan fingerprint density at radius 2 is 1.81 bits per heavy atom. The number of carbonyl (C=O) groups is 2. The fraction of sp³-hybridized carbons (Fsp3) is 0.400. The van der Waals surface area contributed by atoms with Crippen LogP contribution in [0.15, 0.2) is 63.1 Å². The molecule has 2 N–H and O–H groups in total. The van der Waals surface area contributed by atoms with Crippen molar-refractivity contribution in [2.75, 3.05) is 40.9 Å². The number of allylic oxidation sites excluding steroid dienone is 1. The lowest BCUT2D eigenvalue weighted by Gasteiger charge is -2.27. The molecule has 0 aromatic heterocycles. The lowest BCUT2D eigenvalue weighted by Crippen LogP contribution is -3.03. The smallest absolute Gasteiger partial charge is 0.387 e. The predicted octanol–water partition coefficient (Wildman–Crippen LogP) is 3.71. The van der Waals surface area contributed by atoms with Gasteiger partial charge in [0.05, 0.1) is 34.2 Å². The standard InChI is InChI=1S/C30H33Cl2F2N3O9S/c1-36(2)29(39)21-11-19(7-9-24(21)43-3)47(41,42)35-13-28(38)45-26(12-20-22(31)14-37(40)15-23(20)32)18-6-8-25(46-30(33)34)27(10-18)44-16-17-4-5-17/h6-11,14,17,26,30,35,37H,4-5,12-13,15-16H2,1-3H3/t26-/m0/s1. The van der Waals surface area contributed by atoms with Gasteiger partial charge in [0.25, 0.3) is 5.91 Å². The number of quaternary nitrogens is 1. The van der Waals surface area contributed by atoms with Crippen LogP contribution in [0.3, 0.4) is 0 Å². The maximum atomic E-state index is 13.1. The van der Waals surface area contributed by atoms with Gasteiger partial charge in [-0.25, -0.2) is 8.42 Å². The van der Waals surface area contributed by atoms with Crippen molar-refractivity contribution in [3.63, 3.8) is 0 Å². The lowest BCUT2D eigenvalue weighted by molar-refractivity contribution is -0.785. The second kappa shape index (κ2) is 15.6. The Balaban J connectivity index is 1.59. The number of nitrogens with one attached hydrogen (secondary N) is 2. The number of amides is 1. The number of benzene rings is 2. The first-order valence-corrected chi connectivity index (χ1v) is 16.5. The van der Waals surface area contributed by atoms with E-state index in [1.165, 1.54) is 62.6 Å². The van der Waals surface area contributed by atoms with Gasteiger partial charge in [-0.05, 0) is 54.7 Å². The molecule has 2 aliphatic rings. The molecule has 0 spiro atoms. The van der Waals surface area contributed by atoms with Crippen LogP contribution in [-0.4, -0.2) is 72.7 Å². The van der Waals surface area contributed by atoms with Crippen LogP contribution in [0.2, 0.25) is 0 Å². The summed E-state index contributed by atoms with van der Waals surface area (Å²) in [5.41, 5.74) is 0.563. The Labute approximate surface area is 280 Å². The van der Waals surface area contributed by atoms with Crippen molar-refractivity contribution in [1.82, 2.24) is 9.62 Å². The largest absolute Gasteiger partial charge is 0.629 e. The van der Waals surface area contributed by atoms with Crippen LogP contribution >= 0.6 is 23.2 Å². The van der Waals surface area contributed by atoms with E-state index >= 15 is 0 Å². The van der Waals surface area contributed by atoms with E-state index in [-0.39, 0.29) is 73.9 Å². The highest BCUT2D eigenvalue weighted by atomic mass is 35.5. The number of esters is 1. The SMILES string of the molecule is COc1ccc(S(=O)(=O)NCC(=O)O[C@@H](CC2=C(Cl)C[NH+]([O-])C=C2Cl)c2ccc(OC(F)F)c(OCC3CC3)c2)cc1C(=O)N(C)C. The van der Waals surface area contributed by atoms with E-state index in [4.69, 9.17) is 37.4 Å². The maximum Gasteiger partial charge on any atom is 0.387 e. The van der Waals surface area contributed by atoms with E-state index in [0.717, 1.165) is 18.9 Å². The second-order valence-corrected chi connectivity index (χ2v) is 13.6. The van der Waals surface area contributed by atoms with Gasteiger partial charge in [-0.3, -0.25) is 9.59 Å². The molecule has 1 aliphatic heterocycles. The molecule has 1 aliphatic carbocycles. The predicted molar refractivity (Wildman–Crippen MR) is 167 cm³/mol. The van der Waals surface area contributed by atoms with Crippen molar-refractivity contribution in [2.24, 2.45) is 5.92 Å². The fourth-order valence-electron chi connectivity index (χ4n) is 4.51. The number of alkyl halides is 2. The van der Waals surface area contributed by atoms with Crippen molar-refractivity contribution in [2.45, 2.75) is 36.9 Å². The van der Waals surface area contributed by atoms with Gasteiger partial charge >= 0.3 is 12.6 Å². The first-order chi connectivity index (χ1) is 22.2. The van der Waals surface area contributed by atoms with Gasteiger partial charge in [-0.15, -0.1) is 0 Å². The minimum atomic E-state index is -4.33. The minimum Gasteiger partial charge on any atom is -0.629 e. The summed E-state index contributed by atoms with van der Waals surface area (Å²) in [5, 5.41) is 11.8. The Morgan fingerprint density at radius 3 is 2.43 bits per heavy atom. The molecule has 1 unspecified atom stereocenters. The van der Waals surface area contributed by atoms with Crippen molar-refractivity contribution in [3.8, 4) is 17.2 Å². The molecular weight excluding hydrogens is 687 g/mol. The molecule has 2 aromatic carbocycles. The molecule has 2 atom stereocenters. The number of halogens is 4. The molecule has 256 valence electrons. The van der Waals surface area contributed by atoms with Crippen LogP contribution in [0.4, 0.5) is 8.78 Å². The molecule has 1 amide bonds. The number of nitrogens with zero attached hydrogens (tertiary/aromatic N) is 1. The molecular formula is C30H33Cl2F2N3O9S. The van der Waals surface area contributed by atoms with Crippen LogP contribution in [0.1, 0.15) is 41.3 Å². The molecule has 4 rings (SSSR count). The summed E-state index contributed by atoms with van der Waals surface area (Å²) in [6.45, 7) is -3.82. The van der Waals surface area contributed by atoms with E-state index in [0.29, 0.717) is 5.57 Å². The number of ether oxygens (including phenoxy) is 4. The Bertz CT molecular complexity index is 1670. The van der Waals surface area contributed by atoms with E-state index in [9.17, 15) is 32.0 Å². The molecule has 1 saturated carbocycles. The number of hydroxylamine groups is 2. The molecule has 17 heteroatoms. The average molecular weight is 721 g/mol. The Hall–Kier alpha value is -3.47. The van der Waals surface area contributed by atoms with E-state index in [1.807, 2.05) is 0 Å². The third kappa shape index (κ3) is 9.78. The average Bonchev–Trinajstić information content (AvgIpc) is 3.84. The zero-order valence-electron chi connectivity index (χ0n) is 25.6.